The van der Waals surface area contributed by atoms with E-state index in [1.165, 1.54) is 19.3 Å². The smallest absolute Gasteiger partial charge is 0.0885 e. The highest BCUT2D eigenvalue weighted by molar-refractivity contribution is 5.18. The number of allylic oxidation sites excluding steroid dienone is 1. The van der Waals surface area contributed by atoms with Gasteiger partial charge in [0.25, 0.3) is 0 Å². The summed E-state index contributed by atoms with van der Waals surface area (Å²) in [5.74, 6) is 3.44. The van der Waals surface area contributed by atoms with Gasteiger partial charge in [-0.3, -0.25) is 0 Å². The molecule has 4 N–H and O–H groups in total. The van der Waals surface area contributed by atoms with Gasteiger partial charge in [0, 0.05) is 11.5 Å². The monoisotopic (exact) mass is 333 g/mol. The van der Waals surface area contributed by atoms with Gasteiger partial charge < -0.3 is 15.9 Å². The largest absolute Gasteiger partial charge is 0.513 e. The first-order valence-corrected chi connectivity index (χ1v) is 10.1. The minimum absolute atomic E-state index is 0.0891. The lowest BCUT2D eigenvalue weighted by atomic mass is 9.44. The van der Waals surface area contributed by atoms with Gasteiger partial charge in [0.2, 0.25) is 0 Å². The maximum Gasteiger partial charge on any atom is 0.0885 e. The lowest BCUT2D eigenvalue weighted by molar-refractivity contribution is -0.128. The lowest BCUT2D eigenvalue weighted by Gasteiger charge is -2.63. The average molecular weight is 334 g/mol. The Kier molecular flexibility index (Phi) is 3.86. The molecular weight excluding hydrogens is 298 g/mol. The summed E-state index contributed by atoms with van der Waals surface area (Å²) in [6, 6.07) is 0. The molecule has 2 unspecified atom stereocenters. The van der Waals surface area contributed by atoms with Crippen LogP contribution in [0, 0.1) is 40.9 Å². The average Bonchev–Trinajstić information content (AvgIpc) is 2.88. The van der Waals surface area contributed by atoms with Crippen LogP contribution in [-0.2, 0) is 0 Å². The van der Waals surface area contributed by atoms with Crippen molar-refractivity contribution >= 4 is 0 Å². The maximum absolute atomic E-state index is 10.1. The third-order valence-electron chi connectivity index (χ3n) is 8.96. The molecule has 4 fully saturated rings. The third kappa shape index (κ3) is 2.16. The molecule has 0 saturated heterocycles. The van der Waals surface area contributed by atoms with Crippen molar-refractivity contribution in [2.75, 3.05) is 0 Å². The Morgan fingerprint density at radius 1 is 1.08 bits per heavy atom. The molecule has 4 rings (SSSR count). The molecule has 3 heteroatoms. The van der Waals surface area contributed by atoms with Crippen molar-refractivity contribution in [2.45, 2.75) is 76.9 Å². The van der Waals surface area contributed by atoms with E-state index in [2.05, 4.69) is 20.4 Å². The van der Waals surface area contributed by atoms with E-state index in [4.69, 9.17) is 5.73 Å². The van der Waals surface area contributed by atoms with Crippen molar-refractivity contribution in [3.05, 3.63) is 12.3 Å². The van der Waals surface area contributed by atoms with Gasteiger partial charge in [-0.1, -0.05) is 20.4 Å². The van der Waals surface area contributed by atoms with Crippen molar-refractivity contribution in [1.29, 1.82) is 0 Å². The molecule has 0 aromatic heterocycles. The van der Waals surface area contributed by atoms with Crippen LogP contribution in [0.2, 0.25) is 0 Å². The number of fused-ring (bicyclic) bond motifs is 5. The fraction of sp³-hybridized carbons (Fsp3) is 0.905. The Bertz CT molecular complexity index is 534. The topological polar surface area (TPSA) is 66.5 Å². The SMILES string of the molecule is C=C(O)[C@@H]1CC[C@@]2(N)C1C(C)C[C@H]1[C@H]2CC[C@@H]2C[C@@H](O)CC[C@@]21C. The van der Waals surface area contributed by atoms with E-state index in [0.29, 0.717) is 40.8 Å². The second-order valence-electron chi connectivity index (χ2n) is 9.91. The van der Waals surface area contributed by atoms with Gasteiger partial charge in [-0.05, 0) is 86.4 Å². The highest BCUT2D eigenvalue weighted by Gasteiger charge is 2.63. The zero-order chi connectivity index (χ0) is 17.3. The molecular formula is C21H35NO2. The van der Waals surface area contributed by atoms with Crippen LogP contribution in [0.1, 0.15) is 65.2 Å². The molecule has 4 aliphatic rings. The maximum atomic E-state index is 10.1. The van der Waals surface area contributed by atoms with Crippen LogP contribution in [0.5, 0.6) is 0 Å². The molecule has 9 atom stereocenters. The van der Waals surface area contributed by atoms with Gasteiger partial charge in [-0.25, -0.2) is 0 Å². The van der Waals surface area contributed by atoms with Crippen LogP contribution in [0.25, 0.3) is 0 Å². The molecule has 0 aromatic rings. The first-order chi connectivity index (χ1) is 11.3. The number of aliphatic hydroxyl groups excluding tert-OH is 2. The fourth-order valence-electron chi connectivity index (χ4n) is 7.86. The Balaban J connectivity index is 1.67. The van der Waals surface area contributed by atoms with Crippen molar-refractivity contribution < 1.29 is 10.2 Å². The van der Waals surface area contributed by atoms with Gasteiger partial charge in [0.05, 0.1) is 11.9 Å². The van der Waals surface area contributed by atoms with Crippen LogP contribution in [-0.4, -0.2) is 21.9 Å². The van der Waals surface area contributed by atoms with Gasteiger partial charge in [0.1, 0.15) is 0 Å². The highest BCUT2D eigenvalue weighted by atomic mass is 16.3. The first kappa shape index (κ1) is 16.9. The summed E-state index contributed by atoms with van der Waals surface area (Å²) < 4.78 is 0. The normalized spacial score (nSPS) is 56.9. The second kappa shape index (κ2) is 5.48. The molecule has 0 radical (unpaired) electrons. The van der Waals surface area contributed by atoms with Crippen molar-refractivity contribution in [3.63, 3.8) is 0 Å². The van der Waals surface area contributed by atoms with E-state index in [-0.39, 0.29) is 17.6 Å². The number of hydrogen-bond acceptors (Lipinski definition) is 3. The van der Waals surface area contributed by atoms with Gasteiger partial charge >= 0.3 is 0 Å². The molecule has 0 bridgehead atoms. The summed E-state index contributed by atoms with van der Waals surface area (Å²) in [5.41, 5.74) is 7.37. The van der Waals surface area contributed by atoms with E-state index in [1.807, 2.05) is 0 Å². The molecule has 4 aliphatic carbocycles. The van der Waals surface area contributed by atoms with Gasteiger partial charge in [0.15, 0.2) is 0 Å². The quantitative estimate of drug-likeness (QED) is 0.635. The molecule has 3 nitrogen and oxygen atoms in total. The summed E-state index contributed by atoms with van der Waals surface area (Å²) in [5, 5.41) is 20.3. The number of rotatable bonds is 1. The molecule has 4 saturated carbocycles. The zero-order valence-electron chi connectivity index (χ0n) is 15.4. The predicted molar refractivity (Wildman–Crippen MR) is 96.4 cm³/mol. The molecule has 136 valence electrons. The third-order valence-corrected chi connectivity index (χ3v) is 8.96. The van der Waals surface area contributed by atoms with E-state index in [0.717, 1.165) is 32.1 Å². The minimum atomic E-state index is -0.122. The molecule has 0 amide bonds. The molecule has 0 aromatic carbocycles. The summed E-state index contributed by atoms with van der Waals surface area (Å²) >= 11 is 0. The highest BCUT2D eigenvalue weighted by Crippen LogP contribution is 2.66. The summed E-state index contributed by atoms with van der Waals surface area (Å²) in [4.78, 5) is 0. The standard InChI is InChI=1S/C21H35NO2/c1-12-10-18-17(21(22)9-7-16(13(2)23)19(12)21)5-4-14-11-15(24)6-8-20(14,18)3/h12,14-19,23-24H,2,4-11,22H2,1,3H3/t12?,14-,15+,16+,17-,18+,19?,20+,21+/m1/s1. The lowest BCUT2D eigenvalue weighted by Crippen LogP contribution is -2.64. The van der Waals surface area contributed by atoms with E-state index >= 15 is 0 Å². The molecule has 0 aliphatic heterocycles. The summed E-state index contributed by atoms with van der Waals surface area (Å²) in [6.07, 6.45) is 8.73. The van der Waals surface area contributed by atoms with E-state index in [1.54, 1.807) is 0 Å². The van der Waals surface area contributed by atoms with Crippen molar-refractivity contribution in [2.24, 2.45) is 46.7 Å². The number of nitrogens with two attached hydrogens (primary N) is 1. The van der Waals surface area contributed by atoms with Crippen molar-refractivity contribution in [3.8, 4) is 0 Å². The zero-order valence-corrected chi connectivity index (χ0v) is 15.4. The molecule has 0 heterocycles. The van der Waals surface area contributed by atoms with Gasteiger partial charge in [-0.15, -0.1) is 0 Å². The first-order valence-electron chi connectivity index (χ1n) is 10.1. The Morgan fingerprint density at radius 2 is 1.83 bits per heavy atom. The summed E-state index contributed by atoms with van der Waals surface area (Å²) in [7, 11) is 0. The van der Waals surface area contributed by atoms with Crippen LogP contribution < -0.4 is 5.73 Å². The fourth-order valence-corrected chi connectivity index (χ4v) is 7.86. The van der Waals surface area contributed by atoms with Crippen LogP contribution in [0.3, 0.4) is 0 Å². The number of hydrogen-bond donors (Lipinski definition) is 3. The Labute approximate surface area is 146 Å². The second-order valence-corrected chi connectivity index (χ2v) is 9.91. The Morgan fingerprint density at radius 3 is 2.54 bits per heavy atom. The van der Waals surface area contributed by atoms with Gasteiger partial charge in [-0.2, -0.15) is 0 Å². The van der Waals surface area contributed by atoms with E-state index in [9.17, 15) is 10.2 Å². The van der Waals surface area contributed by atoms with Crippen LogP contribution in [0.15, 0.2) is 12.3 Å². The van der Waals surface area contributed by atoms with Crippen LogP contribution in [0.4, 0.5) is 0 Å². The molecule has 0 spiro atoms. The van der Waals surface area contributed by atoms with Crippen molar-refractivity contribution in [1.82, 2.24) is 0 Å². The minimum Gasteiger partial charge on any atom is -0.513 e. The Hall–Kier alpha value is -0.540. The molecule has 24 heavy (non-hydrogen) atoms. The summed E-state index contributed by atoms with van der Waals surface area (Å²) in [6.45, 7) is 8.71. The predicted octanol–water partition coefficient (Wildman–Crippen LogP) is 4.02. The number of aliphatic hydroxyl groups is 2. The van der Waals surface area contributed by atoms with E-state index < -0.39 is 0 Å². The van der Waals surface area contributed by atoms with Crippen LogP contribution >= 0.6 is 0 Å².